The van der Waals surface area contributed by atoms with E-state index in [0.717, 1.165) is 49.1 Å². The van der Waals surface area contributed by atoms with Crippen LogP contribution in [0.5, 0.6) is 0 Å². The maximum atomic E-state index is 15.2. The summed E-state index contributed by atoms with van der Waals surface area (Å²) in [6.07, 6.45) is 3.96. The molecular weight excluding hydrogens is 401 g/mol. The van der Waals surface area contributed by atoms with E-state index in [2.05, 4.69) is 9.37 Å². The summed E-state index contributed by atoms with van der Waals surface area (Å²) in [4.78, 5) is 30.4. The van der Waals surface area contributed by atoms with Crippen LogP contribution in [0.25, 0.3) is 32.2 Å². The smallest absolute Gasteiger partial charge is 0.271 e. The number of pyridine rings is 1. The largest absolute Gasteiger partial charge is 0.328 e. The van der Waals surface area contributed by atoms with Crippen molar-refractivity contribution >= 4 is 38.4 Å². The van der Waals surface area contributed by atoms with Crippen LogP contribution in [-0.4, -0.2) is 21.2 Å². The van der Waals surface area contributed by atoms with Crippen molar-refractivity contribution in [2.75, 3.05) is 6.54 Å². The zero-order valence-electron chi connectivity index (χ0n) is 16.1. The van der Waals surface area contributed by atoms with Gasteiger partial charge in [-0.2, -0.15) is 0 Å². The first kappa shape index (κ1) is 17.8. The number of H-pyrrole nitrogens is 1. The van der Waals surface area contributed by atoms with Crippen molar-refractivity contribution in [1.82, 2.24) is 8.94 Å². The summed E-state index contributed by atoms with van der Waals surface area (Å²) in [7, 11) is 0. The number of hydrogen-bond acceptors (Lipinski definition) is 4. The molecule has 0 unspecified atom stereocenters. The molecule has 0 saturated heterocycles. The molecule has 1 N–H and O–H groups in total. The molecule has 150 valence electrons. The third-order valence-electron chi connectivity index (χ3n) is 6.01. The first-order chi connectivity index (χ1) is 14.6. The zero-order valence-corrected chi connectivity index (χ0v) is 16.9. The maximum Gasteiger partial charge on any atom is 0.271 e. The highest BCUT2D eigenvalue weighted by molar-refractivity contribution is 7.12. The first-order valence-electron chi connectivity index (χ1n) is 10.1. The molecule has 0 spiro atoms. The summed E-state index contributed by atoms with van der Waals surface area (Å²) < 4.78 is 19.9. The molecule has 0 atom stereocenters. The van der Waals surface area contributed by atoms with Crippen LogP contribution in [0.1, 0.15) is 37.3 Å². The normalized spacial score (nSPS) is 16.5. The lowest BCUT2D eigenvalue weighted by molar-refractivity contribution is 0.632. The van der Waals surface area contributed by atoms with Gasteiger partial charge in [-0.1, -0.05) is 18.2 Å². The summed E-state index contributed by atoms with van der Waals surface area (Å²) in [5.74, 6) is -0.460. The summed E-state index contributed by atoms with van der Waals surface area (Å²) in [6.45, 7) is 0.840. The van der Waals surface area contributed by atoms with Crippen molar-refractivity contribution in [1.29, 1.82) is 0 Å². The Labute approximate surface area is 174 Å². The third-order valence-corrected chi connectivity index (χ3v) is 6.89. The second-order valence-electron chi connectivity index (χ2n) is 8.01. The van der Waals surface area contributed by atoms with E-state index in [9.17, 15) is 9.59 Å². The highest BCUT2D eigenvalue weighted by atomic mass is 32.1. The van der Waals surface area contributed by atoms with Crippen LogP contribution in [0, 0.1) is 5.82 Å². The van der Waals surface area contributed by atoms with Gasteiger partial charge < -0.3 is 4.57 Å². The van der Waals surface area contributed by atoms with Gasteiger partial charge >= 0.3 is 0 Å². The number of nitrogens with one attached hydrogen (secondary N) is 1. The Hall–Kier alpha value is -3.06. The highest BCUT2D eigenvalue weighted by Gasteiger charge is 2.29. The van der Waals surface area contributed by atoms with Gasteiger partial charge in [-0.05, 0) is 66.5 Å². The van der Waals surface area contributed by atoms with Crippen molar-refractivity contribution in [3.8, 4) is 11.1 Å². The molecule has 1 fully saturated rings. The topological polar surface area (TPSA) is 67.2 Å². The van der Waals surface area contributed by atoms with Crippen molar-refractivity contribution in [2.24, 2.45) is 4.99 Å². The monoisotopic (exact) mass is 419 g/mol. The van der Waals surface area contributed by atoms with Crippen LogP contribution < -0.4 is 11.0 Å². The number of benzene rings is 2. The van der Waals surface area contributed by atoms with Gasteiger partial charge in [0.25, 0.3) is 5.56 Å². The summed E-state index contributed by atoms with van der Waals surface area (Å²) in [5, 5.41) is 0.392. The number of aliphatic imine (C=N–C) groups is 1. The number of fused-ring (bicyclic) bond motifs is 2. The standard InChI is InChI=1S/C23H18FN3O2S/c24-17-10-16-19(27(14-6-7-14)23-20(21(16)28)22(29)26-30-23)11-15(17)12-3-1-4-13(9-12)18-5-2-8-25-18/h1,3-4,9-11,14H,2,5-8H2,(H,26,29). The van der Waals surface area contributed by atoms with Crippen molar-refractivity contribution < 1.29 is 4.39 Å². The van der Waals surface area contributed by atoms with E-state index in [0.29, 0.717) is 15.9 Å². The molecule has 1 saturated carbocycles. The molecule has 4 aromatic rings. The summed E-state index contributed by atoms with van der Waals surface area (Å²) >= 11 is 1.18. The summed E-state index contributed by atoms with van der Waals surface area (Å²) in [6, 6.07) is 11.1. The van der Waals surface area contributed by atoms with Gasteiger partial charge in [-0.15, -0.1) is 0 Å². The van der Waals surface area contributed by atoms with Gasteiger partial charge in [0.05, 0.1) is 5.52 Å². The fourth-order valence-electron chi connectivity index (χ4n) is 4.41. The lowest BCUT2D eigenvalue weighted by Crippen LogP contribution is -2.15. The lowest BCUT2D eigenvalue weighted by Gasteiger charge is -2.14. The first-order valence-corrected chi connectivity index (χ1v) is 11.0. The van der Waals surface area contributed by atoms with E-state index < -0.39 is 16.8 Å². The number of hydrogen-bond donors (Lipinski definition) is 1. The van der Waals surface area contributed by atoms with Crippen LogP contribution >= 0.6 is 11.5 Å². The number of aromatic amines is 1. The molecule has 30 heavy (non-hydrogen) atoms. The molecule has 0 radical (unpaired) electrons. The molecule has 0 amide bonds. The number of rotatable bonds is 3. The number of halogens is 1. The van der Waals surface area contributed by atoms with E-state index in [-0.39, 0.29) is 16.8 Å². The quantitative estimate of drug-likeness (QED) is 0.526. The molecule has 1 aliphatic heterocycles. The van der Waals surface area contributed by atoms with E-state index in [1.165, 1.54) is 17.6 Å². The average molecular weight is 419 g/mol. The summed E-state index contributed by atoms with van der Waals surface area (Å²) in [5.41, 5.74) is 3.18. The Bertz CT molecular complexity index is 1490. The molecule has 2 aromatic carbocycles. The Kier molecular flexibility index (Phi) is 3.83. The van der Waals surface area contributed by atoms with Crippen molar-refractivity contribution in [2.45, 2.75) is 31.7 Å². The van der Waals surface area contributed by atoms with E-state index in [1.54, 1.807) is 6.07 Å². The SMILES string of the molecule is O=c1[nH]sc2c1c(=O)c1cc(F)c(-c3cccc(C4=NCCC4)c3)cc1n2C1CC1. The predicted octanol–water partition coefficient (Wildman–Crippen LogP) is 4.63. The van der Waals surface area contributed by atoms with Crippen molar-refractivity contribution in [3.63, 3.8) is 0 Å². The molecule has 7 heteroatoms. The van der Waals surface area contributed by atoms with Gasteiger partial charge in [-0.25, -0.2) is 4.39 Å². The molecule has 0 bridgehead atoms. The highest BCUT2D eigenvalue weighted by Crippen LogP contribution is 2.40. The van der Waals surface area contributed by atoms with Gasteiger partial charge in [0.2, 0.25) is 5.43 Å². The van der Waals surface area contributed by atoms with Gasteiger partial charge in [0.15, 0.2) is 0 Å². The van der Waals surface area contributed by atoms with E-state index in [1.807, 2.05) is 28.8 Å². The molecule has 5 nitrogen and oxygen atoms in total. The van der Waals surface area contributed by atoms with Gasteiger partial charge in [0, 0.05) is 29.2 Å². The van der Waals surface area contributed by atoms with Crippen molar-refractivity contribution in [3.05, 3.63) is 68.4 Å². The fraction of sp³-hybridized carbons (Fsp3) is 0.261. The van der Waals surface area contributed by atoms with Gasteiger partial charge in [0.1, 0.15) is 16.0 Å². The van der Waals surface area contributed by atoms with Gasteiger partial charge in [-0.3, -0.25) is 19.0 Å². The van der Waals surface area contributed by atoms with E-state index in [4.69, 9.17) is 0 Å². The molecular formula is C23H18FN3O2S. The second-order valence-corrected chi connectivity index (χ2v) is 8.80. The maximum absolute atomic E-state index is 15.2. The predicted molar refractivity (Wildman–Crippen MR) is 119 cm³/mol. The van der Waals surface area contributed by atoms with Crippen LogP contribution in [0.3, 0.4) is 0 Å². The second kappa shape index (κ2) is 6.47. The molecule has 3 heterocycles. The molecule has 2 aromatic heterocycles. The fourth-order valence-corrected chi connectivity index (χ4v) is 5.33. The number of nitrogens with zero attached hydrogens (tertiary/aromatic N) is 2. The Morgan fingerprint density at radius 3 is 2.73 bits per heavy atom. The molecule has 2 aliphatic rings. The third kappa shape index (κ3) is 2.61. The minimum Gasteiger partial charge on any atom is -0.328 e. The molecule has 1 aliphatic carbocycles. The van der Waals surface area contributed by atoms with Crippen LogP contribution in [0.2, 0.25) is 0 Å². The minimum absolute atomic E-state index is 0.132. The van der Waals surface area contributed by atoms with Crippen LogP contribution in [-0.2, 0) is 0 Å². The van der Waals surface area contributed by atoms with E-state index >= 15 is 4.39 Å². The van der Waals surface area contributed by atoms with Crippen LogP contribution in [0.4, 0.5) is 4.39 Å². The Morgan fingerprint density at radius 1 is 1.13 bits per heavy atom. The lowest BCUT2D eigenvalue weighted by atomic mass is 9.98. The number of aromatic nitrogens is 2. The Morgan fingerprint density at radius 2 is 1.97 bits per heavy atom. The molecule has 6 rings (SSSR count). The average Bonchev–Trinajstić information content (AvgIpc) is 3.28. The zero-order chi connectivity index (χ0) is 20.4. The minimum atomic E-state index is -0.460. The van der Waals surface area contributed by atoms with Crippen LogP contribution in [0.15, 0.2) is 51.0 Å². The Balaban J connectivity index is 1.64.